The molecule has 1 fully saturated rings. The van der Waals surface area contributed by atoms with E-state index in [1.54, 1.807) is 0 Å². The topological polar surface area (TPSA) is 0 Å². The lowest BCUT2D eigenvalue weighted by Gasteiger charge is -2.37. The third-order valence-corrected chi connectivity index (χ3v) is 3.49. The fourth-order valence-electron chi connectivity index (χ4n) is 2.78. The molecular formula is C12H17. The summed E-state index contributed by atoms with van der Waals surface area (Å²) >= 11 is 0. The molecule has 0 bridgehead atoms. The molecule has 0 amide bonds. The first kappa shape index (κ1) is 8.10. The minimum atomic E-state index is 0.689. The summed E-state index contributed by atoms with van der Waals surface area (Å²) in [5, 5.41) is 0. The summed E-state index contributed by atoms with van der Waals surface area (Å²) in [5.41, 5.74) is 0. The van der Waals surface area contributed by atoms with Gasteiger partial charge in [-0.1, -0.05) is 25.2 Å². The van der Waals surface area contributed by atoms with E-state index in [-0.39, 0.29) is 0 Å². The Bertz CT molecular complexity index is 190. The third kappa shape index (κ3) is 1.35. The summed E-state index contributed by atoms with van der Waals surface area (Å²) in [6, 6.07) is 0. The molecule has 0 aromatic carbocycles. The molecule has 0 heteroatoms. The second-order valence-corrected chi connectivity index (χ2v) is 4.11. The zero-order valence-electron chi connectivity index (χ0n) is 7.63. The molecule has 2 aliphatic carbocycles. The Kier molecular flexibility index (Phi) is 2.34. The van der Waals surface area contributed by atoms with Gasteiger partial charge in [-0.25, -0.2) is 0 Å². The average molecular weight is 161 g/mol. The van der Waals surface area contributed by atoms with Gasteiger partial charge in [0.05, 0.1) is 0 Å². The molecule has 3 atom stereocenters. The van der Waals surface area contributed by atoms with Gasteiger partial charge in [0.15, 0.2) is 0 Å². The lowest BCUT2D eigenvalue weighted by molar-refractivity contribution is 0.175. The van der Waals surface area contributed by atoms with E-state index in [4.69, 9.17) is 0 Å². The number of fused-ring (bicyclic) bond motifs is 1. The van der Waals surface area contributed by atoms with Crippen LogP contribution < -0.4 is 0 Å². The van der Waals surface area contributed by atoms with E-state index in [1.165, 1.54) is 32.1 Å². The molecule has 0 spiro atoms. The molecule has 0 heterocycles. The molecule has 0 saturated heterocycles. The number of hydrogen-bond acceptors (Lipinski definition) is 0. The van der Waals surface area contributed by atoms with Crippen molar-refractivity contribution in [2.75, 3.05) is 0 Å². The predicted octanol–water partition coefficient (Wildman–Crippen LogP) is 3.36. The van der Waals surface area contributed by atoms with Crippen molar-refractivity contribution in [3.05, 3.63) is 24.8 Å². The monoisotopic (exact) mass is 161 g/mol. The van der Waals surface area contributed by atoms with Crippen LogP contribution in [0, 0.1) is 23.8 Å². The van der Waals surface area contributed by atoms with Crippen molar-refractivity contribution in [3.63, 3.8) is 0 Å². The van der Waals surface area contributed by atoms with Crippen molar-refractivity contribution < 1.29 is 0 Å². The summed E-state index contributed by atoms with van der Waals surface area (Å²) < 4.78 is 0. The Hall–Kier alpha value is -0.520. The maximum absolute atomic E-state index is 3.83. The molecule has 0 aromatic heterocycles. The second kappa shape index (κ2) is 3.47. The van der Waals surface area contributed by atoms with Crippen LogP contribution in [0.3, 0.4) is 0 Å². The fraction of sp³-hybridized carbons (Fsp3) is 0.667. The van der Waals surface area contributed by atoms with Gasteiger partial charge in [0, 0.05) is 0 Å². The molecule has 3 unspecified atom stereocenters. The Morgan fingerprint density at radius 2 is 2.00 bits per heavy atom. The van der Waals surface area contributed by atoms with E-state index in [2.05, 4.69) is 24.8 Å². The molecule has 1 radical (unpaired) electrons. The van der Waals surface area contributed by atoms with Gasteiger partial charge in [-0.15, -0.1) is 0 Å². The standard InChI is InChI=1S/C12H17/c1-2-10-7-5-8-11-6-3-4-9-12(10)11/h3-4,10-12H,1,5-9H2. The molecule has 0 aliphatic heterocycles. The van der Waals surface area contributed by atoms with Crippen LogP contribution in [0.4, 0.5) is 0 Å². The predicted molar refractivity (Wildman–Crippen MR) is 51.6 cm³/mol. The van der Waals surface area contributed by atoms with Gasteiger partial charge in [0.25, 0.3) is 0 Å². The van der Waals surface area contributed by atoms with Gasteiger partial charge in [-0.3, -0.25) is 0 Å². The summed E-state index contributed by atoms with van der Waals surface area (Å²) in [5.74, 6) is 2.51. The summed E-state index contributed by atoms with van der Waals surface area (Å²) in [4.78, 5) is 0. The summed E-state index contributed by atoms with van der Waals surface area (Å²) in [6.07, 6.45) is 14.7. The van der Waals surface area contributed by atoms with Crippen molar-refractivity contribution in [2.45, 2.75) is 32.1 Å². The molecule has 2 aliphatic rings. The maximum Gasteiger partial charge on any atom is -0.0131 e. The van der Waals surface area contributed by atoms with Gasteiger partial charge in [0.1, 0.15) is 0 Å². The van der Waals surface area contributed by atoms with Crippen molar-refractivity contribution in [1.29, 1.82) is 0 Å². The largest absolute Gasteiger partial charge is 0.0953 e. The Labute approximate surface area is 75.4 Å². The van der Waals surface area contributed by atoms with E-state index in [1.807, 2.05) is 0 Å². The first-order chi connectivity index (χ1) is 5.92. The van der Waals surface area contributed by atoms with Crippen LogP contribution in [0.2, 0.25) is 0 Å². The van der Waals surface area contributed by atoms with Gasteiger partial charge >= 0.3 is 0 Å². The second-order valence-electron chi connectivity index (χ2n) is 4.11. The Morgan fingerprint density at radius 3 is 2.83 bits per heavy atom. The molecule has 1 saturated carbocycles. The van der Waals surface area contributed by atoms with Gasteiger partial charge < -0.3 is 0 Å². The Morgan fingerprint density at radius 1 is 1.17 bits per heavy atom. The number of rotatable bonds is 1. The fourth-order valence-corrected chi connectivity index (χ4v) is 2.78. The maximum atomic E-state index is 3.83. The van der Waals surface area contributed by atoms with Crippen molar-refractivity contribution in [3.8, 4) is 0 Å². The van der Waals surface area contributed by atoms with E-state index in [9.17, 15) is 0 Å². The molecule has 0 aromatic rings. The lowest BCUT2D eigenvalue weighted by atomic mass is 9.67. The smallest absolute Gasteiger partial charge is 0.0131 e. The van der Waals surface area contributed by atoms with E-state index < -0.39 is 0 Å². The van der Waals surface area contributed by atoms with Crippen LogP contribution in [0.5, 0.6) is 0 Å². The average Bonchev–Trinajstić information content (AvgIpc) is 2.17. The van der Waals surface area contributed by atoms with Crippen molar-refractivity contribution >= 4 is 0 Å². The van der Waals surface area contributed by atoms with Crippen molar-refractivity contribution in [1.82, 2.24) is 0 Å². The Balaban J connectivity index is 2.10. The van der Waals surface area contributed by atoms with Crippen LogP contribution in [0.1, 0.15) is 32.1 Å². The first-order valence-electron chi connectivity index (χ1n) is 5.09. The SMILES string of the molecule is C=[C]C1CCCC2CC=CCC12. The van der Waals surface area contributed by atoms with Gasteiger partial charge in [0.2, 0.25) is 0 Å². The molecular weight excluding hydrogens is 144 g/mol. The van der Waals surface area contributed by atoms with Crippen LogP contribution in [0.25, 0.3) is 0 Å². The first-order valence-corrected chi connectivity index (χ1v) is 5.09. The van der Waals surface area contributed by atoms with Crippen LogP contribution >= 0.6 is 0 Å². The van der Waals surface area contributed by atoms with Gasteiger partial charge in [-0.05, 0) is 49.5 Å². The molecule has 0 nitrogen and oxygen atoms in total. The van der Waals surface area contributed by atoms with Crippen molar-refractivity contribution in [2.24, 2.45) is 17.8 Å². The highest BCUT2D eigenvalue weighted by Gasteiger charge is 2.31. The van der Waals surface area contributed by atoms with Crippen LogP contribution in [0.15, 0.2) is 18.7 Å². The minimum Gasteiger partial charge on any atom is -0.0953 e. The molecule has 65 valence electrons. The normalized spacial score (nSPS) is 40.5. The molecule has 2 rings (SSSR count). The quantitative estimate of drug-likeness (QED) is 0.517. The van der Waals surface area contributed by atoms with Crippen LogP contribution in [-0.2, 0) is 0 Å². The van der Waals surface area contributed by atoms with E-state index in [0.29, 0.717) is 5.92 Å². The zero-order valence-corrected chi connectivity index (χ0v) is 7.63. The van der Waals surface area contributed by atoms with Gasteiger partial charge in [-0.2, -0.15) is 0 Å². The third-order valence-electron chi connectivity index (χ3n) is 3.49. The highest BCUT2D eigenvalue weighted by molar-refractivity contribution is 4.99. The summed E-state index contributed by atoms with van der Waals surface area (Å²) in [6.45, 7) is 3.83. The van der Waals surface area contributed by atoms with E-state index in [0.717, 1.165) is 11.8 Å². The molecule has 0 N–H and O–H groups in total. The minimum absolute atomic E-state index is 0.689. The number of hydrogen-bond donors (Lipinski definition) is 0. The zero-order chi connectivity index (χ0) is 8.39. The van der Waals surface area contributed by atoms with Crippen LogP contribution in [-0.4, -0.2) is 0 Å². The highest BCUT2D eigenvalue weighted by Crippen LogP contribution is 2.41. The number of allylic oxidation sites excluding steroid dienone is 3. The van der Waals surface area contributed by atoms with E-state index >= 15 is 0 Å². The summed E-state index contributed by atoms with van der Waals surface area (Å²) in [7, 11) is 0. The highest BCUT2D eigenvalue weighted by atomic mass is 14.4. The lowest BCUT2D eigenvalue weighted by Crippen LogP contribution is -2.28. The molecule has 12 heavy (non-hydrogen) atoms.